The number of carboxylic acids is 1. The zero-order chi connectivity index (χ0) is 12.4. The summed E-state index contributed by atoms with van der Waals surface area (Å²) in [5, 5.41) is 9.12. The van der Waals surface area contributed by atoms with Crippen LogP contribution in [-0.2, 0) is 9.53 Å². The molecule has 1 aromatic rings. The third-order valence-corrected chi connectivity index (χ3v) is 3.53. The van der Waals surface area contributed by atoms with Gasteiger partial charge >= 0.3 is 5.97 Å². The van der Waals surface area contributed by atoms with E-state index in [-0.39, 0.29) is 12.1 Å². The number of hydrogen-bond acceptors (Lipinski definition) is 4. The van der Waals surface area contributed by atoms with Crippen LogP contribution in [0.4, 0.5) is 0 Å². The van der Waals surface area contributed by atoms with Gasteiger partial charge in [0.05, 0.1) is 31.7 Å². The highest BCUT2D eigenvalue weighted by molar-refractivity contribution is 5.71. The van der Waals surface area contributed by atoms with E-state index in [0.717, 1.165) is 5.56 Å². The topological polar surface area (TPSA) is 62.9 Å². The summed E-state index contributed by atoms with van der Waals surface area (Å²) in [7, 11) is 1.92. The Morgan fingerprint density at radius 3 is 2.94 bits per heavy atom. The molecule has 1 aromatic heterocycles. The molecule has 3 unspecified atom stereocenters. The Labute approximate surface area is 100.0 Å². The molecule has 1 N–H and O–H groups in total. The summed E-state index contributed by atoms with van der Waals surface area (Å²) >= 11 is 0. The summed E-state index contributed by atoms with van der Waals surface area (Å²) in [6.07, 6.45) is 3.31. The van der Waals surface area contributed by atoms with Gasteiger partial charge in [-0.2, -0.15) is 0 Å². The van der Waals surface area contributed by atoms with E-state index in [9.17, 15) is 4.79 Å². The lowest BCUT2D eigenvalue weighted by atomic mass is 10.00. The molecule has 0 bridgehead atoms. The molecule has 94 valence electrons. The first-order valence-electron chi connectivity index (χ1n) is 5.66. The van der Waals surface area contributed by atoms with Crippen molar-refractivity contribution < 1.29 is 19.1 Å². The minimum Gasteiger partial charge on any atom is -0.481 e. The molecule has 5 heteroatoms. The first-order valence-corrected chi connectivity index (χ1v) is 5.66. The first-order chi connectivity index (χ1) is 8.11. The molecule has 2 heterocycles. The summed E-state index contributed by atoms with van der Waals surface area (Å²) in [4.78, 5) is 13.1. The number of furan rings is 1. The van der Waals surface area contributed by atoms with Crippen LogP contribution in [0.25, 0.3) is 0 Å². The number of likely N-dealkylation sites (N-methyl/N-ethyl adjacent to an activating group) is 1. The molecule has 0 radical (unpaired) electrons. The van der Waals surface area contributed by atoms with Crippen molar-refractivity contribution in [3.05, 3.63) is 24.2 Å². The average Bonchev–Trinajstić information content (AvgIpc) is 2.97. The maximum absolute atomic E-state index is 11.1. The molecule has 0 spiro atoms. The van der Waals surface area contributed by atoms with Crippen molar-refractivity contribution in [1.29, 1.82) is 0 Å². The van der Waals surface area contributed by atoms with E-state index in [1.165, 1.54) is 0 Å². The molecule has 5 nitrogen and oxygen atoms in total. The van der Waals surface area contributed by atoms with Gasteiger partial charge in [0.25, 0.3) is 0 Å². The maximum Gasteiger partial charge on any atom is 0.310 e. The highest BCUT2D eigenvalue weighted by atomic mass is 16.5. The van der Waals surface area contributed by atoms with Crippen molar-refractivity contribution in [3.63, 3.8) is 0 Å². The molecule has 0 aliphatic carbocycles. The second-order valence-electron chi connectivity index (χ2n) is 4.45. The van der Waals surface area contributed by atoms with Crippen LogP contribution in [0.1, 0.15) is 18.5 Å². The van der Waals surface area contributed by atoms with Crippen LogP contribution >= 0.6 is 0 Å². The van der Waals surface area contributed by atoms with Crippen LogP contribution in [0.15, 0.2) is 23.0 Å². The van der Waals surface area contributed by atoms with E-state index >= 15 is 0 Å². The van der Waals surface area contributed by atoms with Gasteiger partial charge in [-0.3, -0.25) is 9.69 Å². The molecular weight excluding hydrogens is 222 g/mol. The second-order valence-corrected chi connectivity index (χ2v) is 4.45. The molecule has 17 heavy (non-hydrogen) atoms. The van der Waals surface area contributed by atoms with Gasteiger partial charge in [0, 0.05) is 17.6 Å². The van der Waals surface area contributed by atoms with E-state index in [0.29, 0.717) is 13.2 Å². The normalized spacial score (nSPS) is 26.3. The first kappa shape index (κ1) is 12.1. The predicted molar refractivity (Wildman–Crippen MR) is 60.6 cm³/mol. The van der Waals surface area contributed by atoms with Crippen molar-refractivity contribution in [1.82, 2.24) is 4.90 Å². The van der Waals surface area contributed by atoms with Gasteiger partial charge in [-0.1, -0.05) is 0 Å². The van der Waals surface area contributed by atoms with E-state index in [4.69, 9.17) is 14.3 Å². The molecule has 1 saturated heterocycles. The molecule has 2 rings (SSSR count). The fraction of sp³-hybridized carbons (Fsp3) is 0.583. The zero-order valence-corrected chi connectivity index (χ0v) is 10.00. The quantitative estimate of drug-likeness (QED) is 0.859. The van der Waals surface area contributed by atoms with Crippen LogP contribution in [0.3, 0.4) is 0 Å². The Kier molecular flexibility index (Phi) is 3.49. The second kappa shape index (κ2) is 4.89. The van der Waals surface area contributed by atoms with Crippen molar-refractivity contribution >= 4 is 5.97 Å². The molecule has 1 aliphatic heterocycles. The Balaban J connectivity index is 2.09. The molecule has 1 aliphatic rings. The number of nitrogens with zero attached hydrogens (tertiary/aromatic N) is 1. The minimum absolute atomic E-state index is 0.0857. The predicted octanol–water partition coefficient (Wildman–Crippen LogP) is 1.37. The van der Waals surface area contributed by atoms with Gasteiger partial charge in [0.1, 0.15) is 0 Å². The largest absolute Gasteiger partial charge is 0.481 e. The minimum atomic E-state index is -0.793. The Morgan fingerprint density at radius 1 is 1.59 bits per heavy atom. The summed E-state index contributed by atoms with van der Waals surface area (Å²) in [5.74, 6) is -1.24. The van der Waals surface area contributed by atoms with Crippen LogP contribution in [0.2, 0.25) is 0 Å². The lowest BCUT2D eigenvalue weighted by Crippen LogP contribution is -2.41. The molecule has 0 aromatic carbocycles. The van der Waals surface area contributed by atoms with Gasteiger partial charge < -0.3 is 14.3 Å². The number of ether oxygens (including phenoxy) is 1. The zero-order valence-electron chi connectivity index (χ0n) is 10.00. The average molecular weight is 239 g/mol. The van der Waals surface area contributed by atoms with Crippen LogP contribution < -0.4 is 0 Å². The lowest BCUT2D eigenvalue weighted by Gasteiger charge is -2.31. The molecule has 0 amide bonds. The number of carbonyl (C=O) groups is 1. The lowest BCUT2D eigenvalue weighted by molar-refractivity contribution is -0.143. The fourth-order valence-corrected chi connectivity index (χ4v) is 2.22. The van der Waals surface area contributed by atoms with E-state index in [1.807, 2.05) is 24.9 Å². The van der Waals surface area contributed by atoms with Crippen molar-refractivity contribution in [2.24, 2.45) is 5.92 Å². The number of aliphatic carboxylic acids is 1. The monoisotopic (exact) mass is 239 g/mol. The molecule has 0 saturated carbocycles. The number of hydrogen-bond donors (Lipinski definition) is 1. The summed E-state index contributed by atoms with van der Waals surface area (Å²) in [6.45, 7) is 2.79. The summed E-state index contributed by atoms with van der Waals surface area (Å²) < 4.78 is 10.3. The van der Waals surface area contributed by atoms with Crippen LogP contribution in [0, 0.1) is 5.92 Å². The van der Waals surface area contributed by atoms with Crippen LogP contribution in [-0.4, -0.2) is 42.3 Å². The Hall–Kier alpha value is -1.33. The van der Waals surface area contributed by atoms with Crippen molar-refractivity contribution in [3.8, 4) is 0 Å². The third-order valence-electron chi connectivity index (χ3n) is 3.53. The highest BCUT2D eigenvalue weighted by Gasteiger charge is 2.38. The number of rotatable bonds is 4. The maximum atomic E-state index is 11.1. The van der Waals surface area contributed by atoms with Gasteiger partial charge in [-0.25, -0.2) is 0 Å². The summed E-state index contributed by atoms with van der Waals surface area (Å²) in [6, 6.07) is 1.92. The highest BCUT2D eigenvalue weighted by Crippen LogP contribution is 2.27. The third kappa shape index (κ3) is 2.35. The molecule has 3 atom stereocenters. The van der Waals surface area contributed by atoms with Crippen molar-refractivity contribution in [2.75, 3.05) is 20.3 Å². The smallest absolute Gasteiger partial charge is 0.310 e. The van der Waals surface area contributed by atoms with Gasteiger partial charge in [-0.15, -0.1) is 0 Å². The van der Waals surface area contributed by atoms with Gasteiger partial charge in [-0.05, 0) is 20.0 Å². The van der Waals surface area contributed by atoms with E-state index in [2.05, 4.69) is 0 Å². The Bertz CT molecular complexity index is 376. The van der Waals surface area contributed by atoms with Gasteiger partial charge in [0.15, 0.2) is 0 Å². The van der Waals surface area contributed by atoms with E-state index in [1.54, 1.807) is 12.5 Å². The van der Waals surface area contributed by atoms with E-state index < -0.39 is 11.9 Å². The van der Waals surface area contributed by atoms with Crippen LogP contribution in [0.5, 0.6) is 0 Å². The molecular formula is C12H17NO4. The standard InChI is InChI=1S/C12H17NO4/c1-8(9-3-4-16-5-9)13(2)11-7-17-6-10(11)12(14)15/h3-5,8,10-11H,6-7H2,1-2H3,(H,14,15). The van der Waals surface area contributed by atoms with Crippen molar-refractivity contribution in [2.45, 2.75) is 19.0 Å². The summed E-state index contributed by atoms with van der Waals surface area (Å²) in [5.41, 5.74) is 1.04. The molecule has 1 fully saturated rings. The fourth-order valence-electron chi connectivity index (χ4n) is 2.22. The SMILES string of the molecule is CC(c1ccoc1)N(C)C1COCC1C(=O)O. The number of carboxylic acid groups (broad SMARTS) is 1. The Morgan fingerprint density at radius 2 is 2.35 bits per heavy atom. The van der Waals surface area contributed by atoms with Gasteiger partial charge in [0.2, 0.25) is 0 Å².